The Kier molecular flexibility index (Phi) is 3.91. The number of aromatic carboxylic acids is 1. The second-order valence-electron chi connectivity index (χ2n) is 3.85. The monoisotopic (exact) mass is 280 g/mol. The number of nitrogens with one attached hydrogen (secondary N) is 2. The number of carbonyl (C=O) groups is 2. The summed E-state index contributed by atoms with van der Waals surface area (Å²) in [5.74, 6) is -1.25. The molecule has 0 bridgehead atoms. The van der Waals surface area contributed by atoms with Crippen molar-refractivity contribution in [3.8, 4) is 0 Å². The average molecular weight is 280 g/mol. The molecule has 8 heteroatoms. The normalized spacial score (nSPS) is 10.4. The van der Waals surface area contributed by atoms with Crippen molar-refractivity contribution in [1.82, 2.24) is 20.5 Å². The molecule has 0 aliphatic heterocycles. The lowest BCUT2D eigenvalue weighted by Gasteiger charge is -2.02. The van der Waals surface area contributed by atoms with Crippen LogP contribution >= 0.6 is 11.3 Å². The smallest absolute Gasteiger partial charge is 0.355 e. The Hall–Kier alpha value is -2.22. The van der Waals surface area contributed by atoms with E-state index >= 15 is 0 Å². The maximum absolute atomic E-state index is 11.7. The Morgan fingerprint density at radius 3 is 2.89 bits per heavy atom. The molecule has 0 unspecified atom stereocenters. The van der Waals surface area contributed by atoms with Gasteiger partial charge in [-0.2, -0.15) is 5.10 Å². The lowest BCUT2D eigenvalue weighted by Crippen LogP contribution is -2.25. The van der Waals surface area contributed by atoms with Crippen LogP contribution in [0.2, 0.25) is 0 Å². The quantitative estimate of drug-likeness (QED) is 0.752. The first-order valence-corrected chi connectivity index (χ1v) is 6.41. The molecule has 2 heterocycles. The van der Waals surface area contributed by atoms with Crippen molar-refractivity contribution in [1.29, 1.82) is 0 Å². The van der Waals surface area contributed by atoms with Crippen LogP contribution < -0.4 is 5.32 Å². The van der Waals surface area contributed by atoms with Gasteiger partial charge in [-0.25, -0.2) is 9.78 Å². The minimum Gasteiger partial charge on any atom is -0.476 e. The number of hydrogen-bond acceptors (Lipinski definition) is 5. The van der Waals surface area contributed by atoms with Gasteiger partial charge in [-0.15, -0.1) is 11.3 Å². The van der Waals surface area contributed by atoms with E-state index in [9.17, 15) is 9.59 Å². The maximum Gasteiger partial charge on any atom is 0.355 e. The Balaban J connectivity index is 1.85. The highest BCUT2D eigenvalue weighted by Crippen LogP contribution is 2.10. The van der Waals surface area contributed by atoms with E-state index in [4.69, 9.17) is 5.11 Å². The molecule has 19 heavy (non-hydrogen) atoms. The lowest BCUT2D eigenvalue weighted by molar-refractivity contribution is 0.0690. The Morgan fingerprint density at radius 2 is 2.32 bits per heavy atom. The van der Waals surface area contributed by atoms with Gasteiger partial charge in [-0.1, -0.05) is 0 Å². The number of carboxylic acids is 1. The third-order valence-corrected chi connectivity index (χ3v) is 3.38. The number of rotatable bonds is 5. The van der Waals surface area contributed by atoms with Crippen LogP contribution in [-0.2, 0) is 6.42 Å². The molecule has 100 valence electrons. The van der Waals surface area contributed by atoms with E-state index in [2.05, 4.69) is 20.5 Å². The summed E-state index contributed by atoms with van der Waals surface area (Å²) in [6, 6.07) is 0. The third kappa shape index (κ3) is 3.16. The standard InChI is InChI=1S/C11H12N4O3S/c1-6-7(4-13-15-6)10(16)12-3-2-9-14-8(5-19-9)11(17)18/h4-5H,2-3H2,1H3,(H,12,16)(H,13,15)(H,17,18). The predicted octanol–water partition coefficient (Wildman–Crippen LogP) is 0.845. The number of aromatic nitrogens is 3. The molecule has 0 aliphatic carbocycles. The van der Waals surface area contributed by atoms with E-state index in [1.165, 1.54) is 22.9 Å². The molecule has 0 saturated carbocycles. The Bertz CT molecular complexity index is 605. The first kappa shape index (κ1) is 13.2. The van der Waals surface area contributed by atoms with Gasteiger partial charge in [0.15, 0.2) is 5.69 Å². The molecule has 0 spiro atoms. The summed E-state index contributed by atoms with van der Waals surface area (Å²) in [4.78, 5) is 26.3. The fourth-order valence-electron chi connectivity index (χ4n) is 1.48. The summed E-state index contributed by atoms with van der Waals surface area (Å²) in [6.45, 7) is 2.16. The van der Waals surface area contributed by atoms with Crippen molar-refractivity contribution in [3.05, 3.63) is 33.5 Å². The van der Waals surface area contributed by atoms with Gasteiger partial charge >= 0.3 is 5.97 Å². The number of hydrogen-bond donors (Lipinski definition) is 3. The van der Waals surface area contributed by atoms with E-state index in [0.717, 1.165) is 0 Å². The molecule has 7 nitrogen and oxygen atoms in total. The van der Waals surface area contributed by atoms with Gasteiger partial charge in [-0.3, -0.25) is 9.89 Å². The van der Waals surface area contributed by atoms with E-state index in [0.29, 0.717) is 29.2 Å². The number of thiazole rings is 1. The minimum absolute atomic E-state index is 0.0389. The van der Waals surface area contributed by atoms with Gasteiger partial charge in [0.2, 0.25) is 0 Å². The lowest BCUT2D eigenvalue weighted by atomic mass is 10.2. The molecule has 0 atom stereocenters. The maximum atomic E-state index is 11.7. The van der Waals surface area contributed by atoms with Gasteiger partial charge in [-0.05, 0) is 6.92 Å². The van der Waals surface area contributed by atoms with Crippen LogP contribution in [0.25, 0.3) is 0 Å². The molecule has 0 radical (unpaired) electrons. The van der Waals surface area contributed by atoms with Gasteiger partial charge in [0.1, 0.15) is 0 Å². The SMILES string of the molecule is Cc1[nH]ncc1C(=O)NCCc1nc(C(=O)O)cs1. The second kappa shape index (κ2) is 5.61. The number of amides is 1. The van der Waals surface area contributed by atoms with Crippen LogP contribution in [0.1, 0.15) is 31.5 Å². The largest absolute Gasteiger partial charge is 0.476 e. The van der Waals surface area contributed by atoms with Crippen LogP contribution in [0, 0.1) is 6.92 Å². The van der Waals surface area contributed by atoms with E-state index in [1.807, 2.05) is 0 Å². The van der Waals surface area contributed by atoms with Gasteiger partial charge in [0.05, 0.1) is 16.8 Å². The number of aryl methyl sites for hydroxylation is 1. The highest BCUT2D eigenvalue weighted by atomic mass is 32.1. The molecular formula is C11H12N4O3S. The van der Waals surface area contributed by atoms with Crippen molar-refractivity contribution >= 4 is 23.2 Å². The van der Waals surface area contributed by atoms with Gasteiger partial charge < -0.3 is 10.4 Å². The number of H-pyrrole nitrogens is 1. The van der Waals surface area contributed by atoms with E-state index in [-0.39, 0.29) is 11.6 Å². The van der Waals surface area contributed by atoms with Gasteiger partial charge in [0.25, 0.3) is 5.91 Å². The van der Waals surface area contributed by atoms with Crippen molar-refractivity contribution < 1.29 is 14.7 Å². The Labute approximate surface area is 112 Å². The fourth-order valence-corrected chi connectivity index (χ4v) is 2.25. The molecule has 0 saturated heterocycles. The predicted molar refractivity (Wildman–Crippen MR) is 68.4 cm³/mol. The zero-order valence-electron chi connectivity index (χ0n) is 10.1. The van der Waals surface area contributed by atoms with Crippen LogP contribution in [-0.4, -0.2) is 38.7 Å². The summed E-state index contributed by atoms with van der Waals surface area (Å²) in [6.07, 6.45) is 1.97. The van der Waals surface area contributed by atoms with E-state index < -0.39 is 5.97 Å². The zero-order chi connectivity index (χ0) is 13.8. The van der Waals surface area contributed by atoms with Gasteiger partial charge in [0, 0.05) is 24.0 Å². The van der Waals surface area contributed by atoms with Crippen LogP contribution in [0.15, 0.2) is 11.6 Å². The van der Waals surface area contributed by atoms with Crippen molar-refractivity contribution in [2.45, 2.75) is 13.3 Å². The summed E-state index contributed by atoms with van der Waals surface area (Å²) in [7, 11) is 0. The zero-order valence-corrected chi connectivity index (χ0v) is 11.0. The third-order valence-electron chi connectivity index (χ3n) is 2.47. The highest BCUT2D eigenvalue weighted by molar-refractivity contribution is 7.09. The van der Waals surface area contributed by atoms with E-state index in [1.54, 1.807) is 6.92 Å². The molecule has 0 fully saturated rings. The van der Waals surface area contributed by atoms with Crippen molar-refractivity contribution in [3.63, 3.8) is 0 Å². The summed E-state index contributed by atoms with van der Waals surface area (Å²) in [5, 5.41) is 20.1. The number of carboxylic acid groups (broad SMARTS) is 1. The topological polar surface area (TPSA) is 108 Å². The minimum atomic E-state index is -1.04. The molecule has 3 N–H and O–H groups in total. The fraction of sp³-hybridized carbons (Fsp3) is 0.273. The van der Waals surface area contributed by atoms with Crippen molar-refractivity contribution in [2.75, 3.05) is 6.54 Å². The highest BCUT2D eigenvalue weighted by Gasteiger charge is 2.11. The second-order valence-corrected chi connectivity index (χ2v) is 4.79. The molecule has 0 aliphatic rings. The number of carbonyl (C=O) groups excluding carboxylic acids is 1. The number of nitrogens with zero attached hydrogens (tertiary/aromatic N) is 2. The Morgan fingerprint density at radius 1 is 1.53 bits per heavy atom. The molecule has 0 aromatic carbocycles. The first-order valence-electron chi connectivity index (χ1n) is 5.54. The summed E-state index contributed by atoms with van der Waals surface area (Å²) < 4.78 is 0. The molecular weight excluding hydrogens is 268 g/mol. The van der Waals surface area contributed by atoms with Crippen LogP contribution in [0.4, 0.5) is 0 Å². The average Bonchev–Trinajstić information content (AvgIpc) is 2.97. The first-order chi connectivity index (χ1) is 9.08. The summed E-state index contributed by atoms with van der Waals surface area (Å²) in [5.41, 5.74) is 1.25. The van der Waals surface area contributed by atoms with Crippen molar-refractivity contribution in [2.24, 2.45) is 0 Å². The molecule has 2 aromatic heterocycles. The van der Waals surface area contributed by atoms with Crippen LogP contribution in [0.3, 0.4) is 0 Å². The van der Waals surface area contributed by atoms with Crippen LogP contribution in [0.5, 0.6) is 0 Å². The molecule has 2 rings (SSSR count). The number of aromatic amines is 1. The molecule has 2 aromatic rings. The molecule has 1 amide bonds. The summed E-state index contributed by atoms with van der Waals surface area (Å²) >= 11 is 1.27.